The van der Waals surface area contributed by atoms with E-state index in [9.17, 15) is 9.59 Å². The van der Waals surface area contributed by atoms with Crippen LogP contribution in [0.15, 0.2) is 53.3 Å². The molecule has 3 rings (SSSR count). The molecule has 3 aromatic rings. The quantitative estimate of drug-likeness (QED) is 0.765. The van der Waals surface area contributed by atoms with Crippen molar-refractivity contribution in [2.45, 2.75) is 39.8 Å². The zero-order chi connectivity index (χ0) is 18.7. The van der Waals surface area contributed by atoms with Gasteiger partial charge in [0, 0.05) is 23.7 Å². The fourth-order valence-electron chi connectivity index (χ4n) is 2.88. The average Bonchev–Trinajstić information content (AvgIpc) is 2.67. The van der Waals surface area contributed by atoms with Gasteiger partial charge in [-0.1, -0.05) is 31.2 Å². The maximum atomic E-state index is 12.8. The fourth-order valence-corrected chi connectivity index (χ4v) is 2.88. The van der Waals surface area contributed by atoms with Gasteiger partial charge in [0.05, 0.1) is 11.0 Å². The summed E-state index contributed by atoms with van der Waals surface area (Å²) in [5, 5.41) is 2.94. The fraction of sp³-hybridized carbons (Fsp3) is 0.286. The summed E-state index contributed by atoms with van der Waals surface area (Å²) in [4.78, 5) is 29.6. The number of carbonyl (C=O) groups is 1. The number of hydrogen-bond acceptors (Lipinski definition) is 3. The molecule has 0 aliphatic rings. The molecule has 0 fully saturated rings. The number of aryl methyl sites for hydroxylation is 1. The Morgan fingerprint density at radius 3 is 2.46 bits per heavy atom. The summed E-state index contributed by atoms with van der Waals surface area (Å²) in [6.45, 7) is 6.51. The number of fused-ring (bicyclic) bond motifs is 1. The maximum Gasteiger partial charge on any atom is 0.277 e. The van der Waals surface area contributed by atoms with Gasteiger partial charge in [0.1, 0.15) is 5.69 Å². The van der Waals surface area contributed by atoms with Crippen LogP contribution in [0.25, 0.3) is 22.3 Å². The summed E-state index contributed by atoms with van der Waals surface area (Å²) in [5.74, 6) is -0.108. The number of nitrogens with zero attached hydrogens (tertiary/aromatic N) is 2. The highest BCUT2D eigenvalue weighted by molar-refractivity contribution is 5.94. The lowest BCUT2D eigenvalue weighted by molar-refractivity contribution is 0.0939. The standard InChI is InChI=1S/C21H23N3O2/c1-4-14(3)22-20(25)16-12-10-15(11-13-16)19-21(26)24(5-2)18-9-7-6-8-17(18)23-19/h6-14H,4-5H2,1-3H3,(H,22,25)/t14-/m1/s1. The van der Waals surface area contributed by atoms with Crippen LogP contribution in [-0.2, 0) is 6.54 Å². The highest BCUT2D eigenvalue weighted by atomic mass is 16.1. The van der Waals surface area contributed by atoms with E-state index >= 15 is 0 Å². The molecule has 0 saturated heterocycles. The summed E-state index contributed by atoms with van der Waals surface area (Å²) in [7, 11) is 0. The highest BCUT2D eigenvalue weighted by Crippen LogP contribution is 2.18. The van der Waals surface area contributed by atoms with Gasteiger partial charge in [-0.3, -0.25) is 9.59 Å². The Balaban J connectivity index is 2.01. The molecule has 0 aliphatic carbocycles. The van der Waals surface area contributed by atoms with E-state index in [-0.39, 0.29) is 17.5 Å². The minimum atomic E-state index is -0.122. The van der Waals surface area contributed by atoms with Crippen molar-refractivity contribution in [3.05, 3.63) is 64.4 Å². The van der Waals surface area contributed by atoms with Crippen LogP contribution in [0.4, 0.5) is 0 Å². The van der Waals surface area contributed by atoms with Gasteiger partial charge in [-0.05, 0) is 44.5 Å². The Hall–Kier alpha value is -2.95. The highest BCUT2D eigenvalue weighted by Gasteiger charge is 2.13. The van der Waals surface area contributed by atoms with Gasteiger partial charge in [-0.15, -0.1) is 0 Å². The molecular weight excluding hydrogens is 326 g/mol. The summed E-state index contributed by atoms with van der Waals surface area (Å²) in [6.07, 6.45) is 0.876. The minimum absolute atomic E-state index is 0.108. The molecule has 0 saturated carbocycles. The Bertz CT molecular complexity index is 990. The van der Waals surface area contributed by atoms with Crippen molar-refractivity contribution in [3.8, 4) is 11.3 Å². The van der Waals surface area contributed by atoms with Crippen molar-refractivity contribution in [2.24, 2.45) is 0 Å². The number of para-hydroxylation sites is 2. The smallest absolute Gasteiger partial charge is 0.277 e. The molecule has 5 nitrogen and oxygen atoms in total. The Morgan fingerprint density at radius 2 is 1.81 bits per heavy atom. The first-order valence-corrected chi connectivity index (χ1v) is 8.96. The first-order chi connectivity index (χ1) is 12.5. The molecule has 0 aliphatic heterocycles. The van der Waals surface area contributed by atoms with E-state index in [1.165, 1.54) is 0 Å². The van der Waals surface area contributed by atoms with Gasteiger partial charge in [-0.2, -0.15) is 0 Å². The molecule has 1 atom stereocenters. The van der Waals surface area contributed by atoms with Crippen LogP contribution in [0.5, 0.6) is 0 Å². The zero-order valence-electron chi connectivity index (χ0n) is 15.3. The van der Waals surface area contributed by atoms with Gasteiger partial charge >= 0.3 is 0 Å². The number of nitrogens with one attached hydrogen (secondary N) is 1. The topological polar surface area (TPSA) is 64.0 Å². The lowest BCUT2D eigenvalue weighted by Crippen LogP contribution is -2.31. The maximum absolute atomic E-state index is 12.8. The monoisotopic (exact) mass is 349 g/mol. The van der Waals surface area contributed by atoms with Crippen LogP contribution in [0.1, 0.15) is 37.6 Å². The van der Waals surface area contributed by atoms with Gasteiger partial charge < -0.3 is 9.88 Å². The van der Waals surface area contributed by atoms with Crippen molar-refractivity contribution in [3.63, 3.8) is 0 Å². The molecule has 0 radical (unpaired) electrons. The van der Waals surface area contributed by atoms with E-state index in [0.717, 1.165) is 17.5 Å². The lowest BCUT2D eigenvalue weighted by atomic mass is 10.1. The van der Waals surface area contributed by atoms with E-state index in [1.54, 1.807) is 28.8 Å². The number of carbonyl (C=O) groups excluding carboxylic acids is 1. The summed E-state index contributed by atoms with van der Waals surface area (Å²) < 4.78 is 1.72. The summed E-state index contributed by atoms with van der Waals surface area (Å²) in [6, 6.07) is 14.8. The number of amides is 1. The second kappa shape index (κ2) is 7.52. The molecule has 134 valence electrons. The van der Waals surface area contributed by atoms with Crippen LogP contribution >= 0.6 is 0 Å². The largest absolute Gasteiger partial charge is 0.350 e. The number of hydrogen-bond donors (Lipinski definition) is 1. The predicted molar refractivity (Wildman–Crippen MR) is 104 cm³/mol. The molecule has 0 bridgehead atoms. The minimum Gasteiger partial charge on any atom is -0.350 e. The molecule has 0 spiro atoms. The normalized spacial score (nSPS) is 12.1. The second-order valence-corrected chi connectivity index (χ2v) is 6.36. The first kappa shape index (κ1) is 17.9. The lowest BCUT2D eigenvalue weighted by Gasteiger charge is -2.12. The SMILES string of the molecule is CC[C@@H](C)NC(=O)c1ccc(-c2nc3ccccc3n(CC)c2=O)cc1. The second-order valence-electron chi connectivity index (χ2n) is 6.36. The number of benzene rings is 2. The predicted octanol–water partition coefficient (Wildman–Crippen LogP) is 3.61. The summed E-state index contributed by atoms with van der Waals surface area (Å²) in [5.41, 5.74) is 3.17. The van der Waals surface area contributed by atoms with Crippen molar-refractivity contribution in [1.82, 2.24) is 14.9 Å². The van der Waals surface area contributed by atoms with E-state index in [2.05, 4.69) is 10.3 Å². The van der Waals surface area contributed by atoms with Gasteiger partial charge in [-0.25, -0.2) is 4.98 Å². The zero-order valence-corrected chi connectivity index (χ0v) is 15.3. The molecule has 0 unspecified atom stereocenters. The van der Waals surface area contributed by atoms with E-state index in [4.69, 9.17) is 0 Å². The van der Waals surface area contributed by atoms with Crippen molar-refractivity contribution in [2.75, 3.05) is 0 Å². The summed E-state index contributed by atoms with van der Waals surface area (Å²) >= 11 is 0. The number of rotatable bonds is 5. The van der Waals surface area contributed by atoms with Crippen LogP contribution in [0, 0.1) is 0 Å². The molecule has 1 heterocycles. The Labute approximate surface area is 152 Å². The molecule has 1 amide bonds. The van der Waals surface area contributed by atoms with Crippen LogP contribution in [0.2, 0.25) is 0 Å². The molecule has 1 aromatic heterocycles. The number of aromatic nitrogens is 2. The van der Waals surface area contributed by atoms with Crippen molar-refractivity contribution >= 4 is 16.9 Å². The molecular formula is C21H23N3O2. The Kier molecular flexibility index (Phi) is 5.16. The first-order valence-electron chi connectivity index (χ1n) is 8.96. The van der Waals surface area contributed by atoms with Crippen LogP contribution in [0.3, 0.4) is 0 Å². The van der Waals surface area contributed by atoms with Crippen LogP contribution in [-0.4, -0.2) is 21.5 Å². The van der Waals surface area contributed by atoms with E-state index in [1.807, 2.05) is 45.0 Å². The van der Waals surface area contributed by atoms with Gasteiger partial charge in [0.15, 0.2) is 0 Å². The third-order valence-corrected chi connectivity index (χ3v) is 4.58. The van der Waals surface area contributed by atoms with Crippen LogP contribution < -0.4 is 10.9 Å². The van der Waals surface area contributed by atoms with E-state index in [0.29, 0.717) is 23.4 Å². The van der Waals surface area contributed by atoms with E-state index < -0.39 is 0 Å². The molecule has 5 heteroatoms. The molecule has 26 heavy (non-hydrogen) atoms. The molecule has 1 N–H and O–H groups in total. The molecule has 2 aromatic carbocycles. The van der Waals surface area contributed by atoms with Gasteiger partial charge in [0.25, 0.3) is 11.5 Å². The van der Waals surface area contributed by atoms with Crippen molar-refractivity contribution in [1.29, 1.82) is 0 Å². The third-order valence-electron chi connectivity index (χ3n) is 4.58. The van der Waals surface area contributed by atoms with Crippen molar-refractivity contribution < 1.29 is 4.79 Å². The Morgan fingerprint density at radius 1 is 1.12 bits per heavy atom. The van der Waals surface area contributed by atoms with Gasteiger partial charge in [0.2, 0.25) is 0 Å². The third kappa shape index (κ3) is 3.38. The average molecular weight is 349 g/mol.